The predicted octanol–water partition coefficient (Wildman–Crippen LogP) is 6.90. The standard InChI is InChI=1S/C15H20Br3ClOSi/c16-21(17,18)11-1-10-20-15-8-4-13(5-9-15)12-2-6-14(19)7-3-12/h2-3,6-7,13,15H,1,4-5,8-11H2. The monoisotopic (exact) mass is 516 g/mol. The molecular formula is C15H20Br3ClOSi. The summed E-state index contributed by atoms with van der Waals surface area (Å²) in [6.45, 7) is 0.869. The van der Waals surface area contributed by atoms with Gasteiger partial charge >= 0.3 is 0 Å². The van der Waals surface area contributed by atoms with E-state index in [9.17, 15) is 0 Å². The fourth-order valence-corrected chi connectivity index (χ4v) is 6.01. The fourth-order valence-electron chi connectivity index (χ4n) is 2.82. The van der Waals surface area contributed by atoms with Gasteiger partial charge in [-0.25, -0.2) is 0 Å². The van der Waals surface area contributed by atoms with Crippen molar-refractivity contribution >= 4 is 61.4 Å². The molecule has 2 rings (SSSR count). The predicted molar refractivity (Wildman–Crippen MR) is 104 cm³/mol. The van der Waals surface area contributed by atoms with Crippen LogP contribution in [0.4, 0.5) is 0 Å². The zero-order valence-electron chi connectivity index (χ0n) is 11.8. The van der Waals surface area contributed by atoms with Crippen LogP contribution in [0.3, 0.4) is 0 Å². The number of benzene rings is 1. The summed E-state index contributed by atoms with van der Waals surface area (Å²) in [5.41, 5.74) is 1.42. The molecule has 0 saturated heterocycles. The van der Waals surface area contributed by atoms with E-state index in [1.54, 1.807) is 0 Å². The van der Waals surface area contributed by atoms with Crippen LogP contribution in [0, 0.1) is 0 Å². The highest BCUT2D eigenvalue weighted by atomic mass is 80.0. The Morgan fingerprint density at radius 3 is 2.24 bits per heavy atom. The lowest BCUT2D eigenvalue weighted by molar-refractivity contribution is 0.0251. The molecule has 0 heterocycles. The molecule has 21 heavy (non-hydrogen) atoms. The second kappa shape index (κ2) is 8.83. The van der Waals surface area contributed by atoms with Crippen molar-refractivity contribution in [3.63, 3.8) is 0 Å². The van der Waals surface area contributed by atoms with E-state index in [2.05, 4.69) is 58.0 Å². The largest absolute Gasteiger partial charge is 0.378 e. The number of rotatable bonds is 6. The number of ether oxygens (including phenoxy) is 1. The van der Waals surface area contributed by atoms with Crippen LogP contribution in [-0.4, -0.2) is 16.6 Å². The molecule has 1 aromatic carbocycles. The van der Waals surface area contributed by atoms with Crippen molar-refractivity contribution in [1.29, 1.82) is 0 Å². The van der Waals surface area contributed by atoms with Gasteiger partial charge in [0.2, 0.25) is 0 Å². The van der Waals surface area contributed by atoms with Crippen molar-refractivity contribution in [2.45, 2.75) is 50.2 Å². The van der Waals surface area contributed by atoms with Gasteiger partial charge in [0.15, 0.2) is 0 Å². The van der Waals surface area contributed by atoms with Gasteiger partial charge in [0, 0.05) is 11.6 Å². The van der Waals surface area contributed by atoms with Crippen LogP contribution in [0.2, 0.25) is 11.1 Å². The van der Waals surface area contributed by atoms with Crippen LogP contribution in [0.1, 0.15) is 43.6 Å². The Morgan fingerprint density at radius 2 is 1.67 bits per heavy atom. The molecule has 1 aromatic rings. The van der Waals surface area contributed by atoms with E-state index >= 15 is 0 Å². The molecule has 1 aliphatic rings. The molecule has 1 nitrogen and oxygen atoms in total. The van der Waals surface area contributed by atoms with Crippen molar-refractivity contribution in [1.82, 2.24) is 0 Å². The molecule has 0 N–H and O–H groups in total. The summed E-state index contributed by atoms with van der Waals surface area (Å²) in [5, 5.41) is 0.820. The number of hydrogen-bond acceptors (Lipinski definition) is 1. The summed E-state index contributed by atoms with van der Waals surface area (Å²) in [4.78, 5) is 0. The van der Waals surface area contributed by atoms with Gasteiger partial charge in [-0.05, 0) is 61.8 Å². The Hall–Kier alpha value is 1.13. The first kappa shape index (κ1) is 18.5. The summed E-state index contributed by atoms with van der Waals surface area (Å²) in [6.07, 6.45) is 6.34. The third-order valence-electron chi connectivity index (χ3n) is 3.97. The van der Waals surface area contributed by atoms with Crippen molar-refractivity contribution in [3.8, 4) is 0 Å². The van der Waals surface area contributed by atoms with E-state index in [-0.39, 0.29) is 0 Å². The van der Waals surface area contributed by atoms with E-state index in [0.29, 0.717) is 12.0 Å². The summed E-state index contributed by atoms with van der Waals surface area (Å²) in [7, 11) is 0. The molecule has 1 aliphatic carbocycles. The molecular weight excluding hydrogens is 499 g/mol. The Morgan fingerprint density at radius 1 is 1.05 bits per heavy atom. The molecule has 0 radical (unpaired) electrons. The molecule has 6 heteroatoms. The minimum atomic E-state index is -1.46. The molecule has 0 amide bonds. The Bertz CT molecular complexity index is 428. The van der Waals surface area contributed by atoms with Crippen LogP contribution >= 0.6 is 57.5 Å². The first-order chi connectivity index (χ1) is 9.94. The highest BCUT2D eigenvalue weighted by Gasteiger charge is 2.24. The summed E-state index contributed by atoms with van der Waals surface area (Å²) < 4.78 is 4.56. The lowest BCUT2D eigenvalue weighted by Gasteiger charge is -2.29. The minimum absolute atomic E-state index is 0.450. The van der Waals surface area contributed by atoms with Crippen LogP contribution in [0.25, 0.3) is 0 Å². The van der Waals surface area contributed by atoms with Gasteiger partial charge in [0.05, 0.1) is 6.10 Å². The second-order valence-electron chi connectivity index (χ2n) is 5.61. The lowest BCUT2D eigenvalue weighted by Crippen LogP contribution is -2.21. The molecule has 1 fully saturated rings. The van der Waals surface area contributed by atoms with E-state index in [4.69, 9.17) is 16.3 Å². The van der Waals surface area contributed by atoms with Gasteiger partial charge in [-0.1, -0.05) is 69.6 Å². The maximum atomic E-state index is 6.02. The molecule has 0 bridgehead atoms. The second-order valence-corrected chi connectivity index (χ2v) is 29.5. The maximum Gasteiger partial charge on any atom is 0.267 e. The Balaban J connectivity index is 1.67. The highest BCUT2D eigenvalue weighted by molar-refractivity contribution is 9.72. The zero-order valence-corrected chi connectivity index (χ0v) is 18.3. The maximum absolute atomic E-state index is 6.02. The molecule has 0 aliphatic heterocycles. The molecule has 0 unspecified atom stereocenters. The SMILES string of the molecule is Clc1ccc(C2CCC(OCCC[Si](Br)(Br)Br)CC2)cc1. The molecule has 0 atom stereocenters. The molecule has 118 valence electrons. The van der Waals surface area contributed by atoms with Crippen LogP contribution < -0.4 is 0 Å². The quantitative estimate of drug-likeness (QED) is 0.226. The van der Waals surface area contributed by atoms with Gasteiger partial charge < -0.3 is 4.74 Å². The van der Waals surface area contributed by atoms with Crippen LogP contribution in [0.5, 0.6) is 0 Å². The molecule has 0 aromatic heterocycles. The summed E-state index contributed by atoms with van der Waals surface area (Å²) in [6, 6.07) is 9.46. The van der Waals surface area contributed by atoms with Gasteiger partial charge in [-0.2, -0.15) is 0 Å². The third-order valence-corrected chi connectivity index (χ3v) is 8.71. The number of halogens is 4. The average molecular weight is 520 g/mol. The molecule has 1 saturated carbocycles. The number of hydrogen-bond donors (Lipinski definition) is 0. The fraction of sp³-hybridized carbons (Fsp3) is 0.600. The lowest BCUT2D eigenvalue weighted by atomic mass is 9.83. The van der Waals surface area contributed by atoms with Gasteiger partial charge in [0.1, 0.15) is 0 Å². The Kier molecular flexibility index (Phi) is 7.77. The van der Waals surface area contributed by atoms with Crippen molar-refractivity contribution in [2.75, 3.05) is 6.61 Å². The minimum Gasteiger partial charge on any atom is -0.378 e. The Labute approximate surface area is 156 Å². The van der Waals surface area contributed by atoms with E-state index < -0.39 is 3.93 Å². The van der Waals surface area contributed by atoms with Gasteiger partial charge in [-0.15, -0.1) is 0 Å². The van der Waals surface area contributed by atoms with Gasteiger partial charge in [-0.3, -0.25) is 0 Å². The van der Waals surface area contributed by atoms with Crippen molar-refractivity contribution in [2.24, 2.45) is 0 Å². The van der Waals surface area contributed by atoms with Crippen molar-refractivity contribution in [3.05, 3.63) is 34.9 Å². The first-order valence-corrected chi connectivity index (χ1v) is 16.7. The van der Waals surface area contributed by atoms with Gasteiger partial charge in [0.25, 0.3) is 3.93 Å². The summed E-state index contributed by atoms with van der Waals surface area (Å²) in [5.74, 6) is 0.676. The smallest absolute Gasteiger partial charge is 0.267 e. The topological polar surface area (TPSA) is 9.23 Å². The average Bonchev–Trinajstić information content (AvgIpc) is 2.44. The van der Waals surface area contributed by atoms with Crippen LogP contribution in [-0.2, 0) is 4.74 Å². The van der Waals surface area contributed by atoms with E-state index in [1.807, 2.05) is 12.1 Å². The van der Waals surface area contributed by atoms with Crippen LogP contribution in [0.15, 0.2) is 24.3 Å². The normalized spacial score (nSPS) is 23.2. The molecule has 0 spiro atoms. The summed E-state index contributed by atoms with van der Waals surface area (Å²) >= 11 is 16.9. The zero-order chi connectivity index (χ0) is 15.3. The van der Waals surface area contributed by atoms with E-state index in [1.165, 1.54) is 31.2 Å². The van der Waals surface area contributed by atoms with E-state index in [0.717, 1.165) is 24.1 Å². The van der Waals surface area contributed by atoms with Crippen molar-refractivity contribution < 1.29 is 4.74 Å². The third kappa shape index (κ3) is 7.04. The first-order valence-electron chi connectivity index (χ1n) is 7.38. The highest BCUT2D eigenvalue weighted by Crippen LogP contribution is 2.35.